The number of amides is 2. The molecular formula is C22H25F3N4O7S. The van der Waals surface area contributed by atoms with E-state index in [1.807, 2.05) is 0 Å². The van der Waals surface area contributed by atoms with Crippen molar-refractivity contribution >= 4 is 33.4 Å². The molecule has 0 bridgehead atoms. The highest BCUT2D eigenvalue weighted by Crippen LogP contribution is 2.39. The minimum Gasteiger partial charge on any atom is -0.484 e. The monoisotopic (exact) mass is 546 g/mol. The van der Waals surface area contributed by atoms with Gasteiger partial charge in [0, 0.05) is 18.7 Å². The predicted octanol–water partition coefficient (Wildman–Crippen LogP) is 3.07. The highest BCUT2D eigenvalue weighted by molar-refractivity contribution is 7.92. The van der Waals surface area contributed by atoms with Crippen LogP contribution < -0.4 is 24.4 Å². The van der Waals surface area contributed by atoms with Gasteiger partial charge in [-0.15, -0.1) is 0 Å². The van der Waals surface area contributed by atoms with E-state index in [2.05, 4.69) is 20.4 Å². The minimum absolute atomic E-state index is 0.000504. The van der Waals surface area contributed by atoms with Crippen LogP contribution in [0, 0.1) is 0 Å². The van der Waals surface area contributed by atoms with Gasteiger partial charge >= 0.3 is 12.3 Å². The summed E-state index contributed by atoms with van der Waals surface area (Å²) >= 11 is 0. The van der Waals surface area contributed by atoms with Crippen LogP contribution in [0.4, 0.5) is 29.3 Å². The highest BCUT2D eigenvalue weighted by atomic mass is 32.2. The molecule has 3 rings (SSSR count). The lowest BCUT2D eigenvalue weighted by Gasteiger charge is -2.35. The fraction of sp³-hybridized carbons (Fsp3) is 0.409. The number of rotatable bonds is 7. The number of nitrogens with zero attached hydrogens (tertiary/aromatic N) is 2. The van der Waals surface area contributed by atoms with Crippen LogP contribution in [0.5, 0.6) is 11.6 Å². The van der Waals surface area contributed by atoms with Crippen LogP contribution in [-0.2, 0) is 19.6 Å². The van der Waals surface area contributed by atoms with E-state index >= 15 is 0 Å². The van der Waals surface area contributed by atoms with E-state index in [0.717, 1.165) is 10.5 Å². The number of anilines is 2. The topological polar surface area (TPSA) is 136 Å². The van der Waals surface area contributed by atoms with Gasteiger partial charge in [-0.2, -0.15) is 13.2 Å². The lowest BCUT2D eigenvalue weighted by molar-refractivity contribution is -0.242. The molecule has 0 saturated heterocycles. The maximum absolute atomic E-state index is 13.5. The number of ether oxygens (including phenoxy) is 3. The van der Waals surface area contributed by atoms with Gasteiger partial charge in [-0.3, -0.25) is 14.4 Å². The van der Waals surface area contributed by atoms with Gasteiger partial charge in [0.2, 0.25) is 17.4 Å². The van der Waals surface area contributed by atoms with Crippen LogP contribution >= 0.6 is 0 Å². The van der Waals surface area contributed by atoms with Crippen molar-refractivity contribution in [1.82, 2.24) is 10.3 Å². The summed E-state index contributed by atoms with van der Waals surface area (Å²) in [6.45, 7) is 2.46. The fourth-order valence-electron chi connectivity index (χ4n) is 3.18. The standard InChI is InChI=1S/C22H25F3N4O7S/c1-13(30)26-10-15-12-29(37(32,33)16-6-8-19(34-4)27-11-16)17-9-14(5-7-18(17)35-15)28-20(31)36-21(2,3)22(23,24)25/h5-9,11,15H,10,12H2,1-4H3,(H,26,30)(H,28,31)/t15-/m0/s1. The largest absolute Gasteiger partial charge is 0.484 e. The molecule has 1 aliphatic rings. The summed E-state index contributed by atoms with van der Waals surface area (Å²) in [4.78, 5) is 27.3. The molecule has 1 atom stereocenters. The molecule has 1 aliphatic heterocycles. The Bertz CT molecular complexity index is 1270. The summed E-state index contributed by atoms with van der Waals surface area (Å²) < 4.78 is 82.5. The van der Waals surface area contributed by atoms with E-state index in [4.69, 9.17) is 9.47 Å². The number of hydrogen-bond donors (Lipinski definition) is 2. The third-order valence-corrected chi connectivity index (χ3v) is 7.02. The van der Waals surface area contributed by atoms with Crippen molar-refractivity contribution in [2.24, 2.45) is 0 Å². The number of sulfonamides is 1. The summed E-state index contributed by atoms with van der Waals surface area (Å²) in [5, 5.41) is 4.74. The molecule has 2 amide bonds. The molecular weight excluding hydrogens is 521 g/mol. The number of hydrogen-bond acceptors (Lipinski definition) is 8. The maximum atomic E-state index is 13.5. The lowest BCUT2D eigenvalue weighted by atomic mass is 10.1. The number of pyridine rings is 1. The Hall–Kier alpha value is -3.75. The van der Waals surface area contributed by atoms with Crippen LogP contribution in [0.15, 0.2) is 41.4 Å². The van der Waals surface area contributed by atoms with E-state index in [9.17, 15) is 31.2 Å². The zero-order valence-electron chi connectivity index (χ0n) is 20.2. The molecule has 0 saturated carbocycles. The van der Waals surface area contributed by atoms with Crippen molar-refractivity contribution in [3.63, 3.8) is 0 Å². The van der Waals surface area contributed by atoms with Gasteiger partial charge < -0.3 is 19.5 Å². The molecule has 15 heteroatoms. The van der Waals surface area contributed by atoms with Gasteiger partial charge in [-0.1, -0.05) is 0 Å². The Labute approximate surface area is 210 Å². The minimum atomic E-state index is -4.81. The number of carbonyl (C=O) groups is 2. The first-order chi connectivity index (χ1) is 17.1. The smallest absolute Gasteiger partial charge is 0.427 e. The molecule has 0 aliphatic carbocycles. The normalized spacial score (nSPS) is 15.8. The number of benzene rings is 1. The Morgan fingerprint density at radius 3 is 2.49 bits per heavy atom. The first-order valence-electron chi connectivity index (χ1n) is 10.8. The second-order valence-electron chi connectivity index (χ2n) is 8.45. The number of alkyl halides is 3. The summed E-state index contributed by atoms with van der Waals surface area (Å²) in [5.41, 5.74) is -2.80. The summed E-state index contributed by atoms with van der Waals surface area (Å²) in [5.74, 6) is -0.0548. The number of aromatic nitrogens is 1. The molecule has 202 valence electrons. The van der Waals surface area contributed by atoms with Crippen LogP contribution in [0.3, 0.4) is 0 Å². The summed E-state index contributed by atoms with van der Waals surface area (Å²) in [7, 11) is -2.86. The van der Waals surface area contributed by atoms with Gasteiger partial charge in [-0.05, 0) is 38.1 Å². The number of methoxy groups -OCH3 is 1. The van der Waals surface area contributed by atoms with E-state index in [-0.39, 0.29) is 46.9 Å². The lowest BCUT2D eigenvalue weighted by Crippen LogP contribution is -2.48. The van der Waals surface area contributed by atoms with Crippen molar-refractivity contribution in [3.05, 3.63) is 36.5 Å². The number of carbonyl (C=O) groups excluding carboxylic acids is 2. The molecule has 1 aromatic carbocycles. The second-order valence-corrected chi connectivity index (χ2v) is 10.3. The van der Waals surface area contributed by atoms with Crippen LogP contribution in [-0.4, -0.2) is 63.5 Å². The average molecular weight is 547 g/mol. The fourth-order valence-corrected chi connectivity index (χ4v) is 4.63. The third kappa shape index (κ3) is 6.34. The Kier molecular flexibility index (Phi) is 7.76. The van der Waals surface area contributed by atoms with Crippen LogP contribution in [0.1, 0.15) is 20.8 Å². The van der Waals surface area contributed by atoms with Crippen molar-refractivity contribution in [2.75, 3.05) is 29.8 Å². The zero-order valence-corrected chi connectivity index (χ0v) is 21.1. The maximum Gasteiger partial charge on any atom is 0.427 e. The van der Waals surface area contributed by atoms with Gasteiger partial charge in [0.1, 0.15) is 16.7 Å². The molecule has 0 radical (unpaired) electrons. The molecule has 2 heterocycles. The number of nitrogens with one attached hydrogen (secondary N) is 2. The molecule has 2 aromatic rings. The Balaban J connectivity index is 1.95. The van der Waals surface area contributed by atoms with Crippen LogP contribution in [0.25, 0.3) is 0 Å². The van der Waals surface area contributed by atoms with Gasteiger partial charge in [0.25, 0.3) is 10.0 Å². The van der Waals surface area contributed by atoms with Crippen molar-refractivity contribution < 1.29 is 45.4 Å². The molecule has 1 aromatic heterocycles. The van der Waals surface area contributed by atoms with Crippen molar-refractivity contribution in [1.29, 1.82) is 0 Å². The van der Waals surface area contributed by atoms with E-state index in [1.54, 1.807) is 0 Å². The average Bonchev–Trinajstić information content (AvgIpc) is 2.81. The summed E-state index contributed by atoms with van der Waals surface area (Å²) in [6, 6.07) is 6.52. The van der Waals surface area contributed by atoms with Gasteiger partial charge in [0.15, 0.2) is 0 Å². The van der Waals surface area contributed by atoms with Crippen LogP contribution in [0.2, 0.25) is 0 Å². The quantitative estimate of drug-likeness (QED) is 0.541. The SMILES string of the molecule is COc1ccc(S(=O)(=O)N2C[C@H](CNC(C)=O)Oc3ccc(NC(=O)OC(C)(C)C(F)(F)F)cc32)cn1. The first kappa shape index (κ1) is 27.8. The molecule has 0 unspecified atom stereocenters. The van der Waals surface area contributed by atoms with E-state index in [1.165, 1.54) is 44.4 Å². The Morgan fingerprint density at radius 1 is 1.22 bits per heavy atom. The molecule has 37 heavy (non-hydrogen) atoms. The Morgan fingerprint density at radius 2 is 1.92 bits per heavy atom. The molecule has 11 nitrogen and oxygen atoms in total. The third-order valence-electron chi connectivity index (χ3n) is 5.25. The van der Waals surface area contributed by atoms with Gasteiger partial charge in [0.05, 0.1) is 32.1 Å². The van der Waals surface area contributed by atoms with Crippen molar-refractivity contribution in [2.45, 2.75) is 43.5 Å². The zero-order chi connectivity index (χ0) is 27.6. The van der Waals surface area contributed by atoms with Gasteiger partial charge in [-0.25, -0.2) is 18.2 Å². The number of fused-ring (bicyclic) bond motifs is 1. The highest BCUT2D eigenvalue weighted by Gasteiger charge is 2.51. The molecule has 0 fully saturated rings. The molecule has 0 spiro atoms. The first-order valence-corrected chi connectivity index (χ1v) is 12.2. The van der Waals surface area contributed by atoms with Crippen molar-refractivity contribution in [3.8, 4) is 11.6 Å². The van der Waals surface area contributed by atoms with E-state index < -0.39 is 34.0 Å². The predicted molar refractivity (Wildman–Crippen MR) is 125 cm³/mol. The summed E-state index contributed by atoms with van der Waals surface area (Å²) in [6.07, 6.45) is -5.87. The second kappa shape index (κ2) is 10.3. The number of halogens is 3. The molecule has 2 N–H and O–H groups in total. The van der Waals surface area contributed by atoms with E-state index in [0.29, 0.717) is 13.8 Å².